The Balaban J connectivity index is 2.38. The summed E-state index contributed by atoms with van der Waals surface area (Å²) in [5.74, 6) is 0. The Morgan fingerprint density at radius 1 is 1.55 bits per heavy atom. The van der Waals surface area contributed by atoms with E-state index in [1.165, 1.54) is 0 Å². The van der Waals surface area contributed by atoms with Gasteiger partial charge in [-0.3, -0.25) is 0 Å². The van der Waals surface area contributed by atoms with Crippen LogP contribution in [0.1, 0.15) is 13.3 Å². The predicted octanol–water partition coefficient (Wildman–Crippen LogP) is 0.770. The van der Waals surface area contributed by atoms with Crippen LogP contribution in [0.4, 0.5) is 0 Å². The van der Waals surface area contributed by atoms with Gasteiger partial charge in [-0.05, 0) is 6.92 Å². The SMILES string of the molecule is COC(OC)[C@@H]1CC(C)=NO1. The van der Waals surface area contributed by atoms with Crippen LogP contribution < -0.4 is 0 Å². The molecule has 0 fully saturated rings. The van der Waals surface area contributed by atoms with Crippen LogP contribution in [0.25, 0.3) is 0 Å². The minimum absolute atomic E-state index is 0.0787. The Kier molecular flexibility index (Phi) is 2.84. The fourth-order valence-corrected chi connectivity index (χ4v) is 1.07. The van der Waals surface area contributed by atoms with Crippen LogP contribution in [0.2, 0.25) is 0 Å². The Hall–Kier alpha value is -0.610. The zero-order valence-electron chi connectivity index (χ0n) is 7.03. The average molecular weight is 159 g/mol. The maximum atomic E-state index is 5.05. The lowest BCUT2D eigenvalue weighted by atomic mass is 10.2. The van der Waals surface area contributed by atoms with Crippen LogP contribution in [-0.2, 0) is 14.3 Å². The largest absolute Gasteiger partial charge is 0.387 e. The van der Waals surface area contributed by atoms with Gasteiger partial charge >= 0.3 is 0 Å². The van der Waals surface area contributed by atoms with Crippen molar-refractivity contribution >= 4 is 5.71 Å². The van der Waals surface area contributed by atoms with Crippen molar-refractivity contribution in [2.45, 2.75) is 25.7 Å². The molecule has 0 saturated carbocycles. The maximum Gasteiger partial charge on any atom is 0.197 e. The number of ether oxygens (including phenoxy) is 2. The lowest BCUT2D eigenvalue weighted by Crippen LogP contribution is -2.29. The summed E-state index contributed by atoms with van der Waals surface area (Å²) in [7, 11) is 3.18. The first-order chi connectivity index (χ1) is 5.27. The summed E-state index contributed by atoms with van der Waals surface area (Å²) in [5.41, 5.74) is 0.981. The quantitative estimate of drug-likeness (QED) is 0.571. The second kappa shape index (κ2) is 3.69. The molecule has 0 unspecified atom stereocenters. The summed E-state index contributed by atoms with van der Waals surface area (Å²) in [5, 5.41) is 3.79. The third-order valence-corrected chi connectivity index (χ3v) is 1.61. The molecule has 0 bridgehead atoms. The Morgan fingerprint density at radius 2 is 2.18 bits per heavy atom. The van der Waals surface area contributed by atoms with Gasteiger partial charge < -0.3 is 14.3 Å². The standard InChI is InChI=1S/C7H13NO3/c1-5-4-6(11-8-5)7(9-2)10-3/h6-7H,4H2,1-3H3/t6-/m0/s1. The fraction of sp³-hybridized carbons (Fsp3) is 0.857. The van der Waals surface area contributed by atoms with E-state index >= 15 is 0 Å². The molecule has 0 amide bonds. The molecule has 1 atom stereocenters. The first-order valence-electron chi connectivity index (χ1n) is 3.52. The zero-order valence-corrected chi connectivity index (χ0v) is 7.03. The van der Waals surface area contributed by atoms with Crippen LogP contribution in [0.15, 0.2) is 5.16 Å². The normalized spacial score (nSPS) is 23.6. The molecule has 0 aromatic carbocycles. The van der Waals surface area contributed by atoms with Gasteiger partial charge in [0.2, 0.25) is 0 Å². The maximum absolute atomic E-state index is 5.05. The lowest BCUT2D eigenvalue weighted by molar-refractivity contribution is -0.172. The van der Waals surface area contributed by atoms with Crippen molar-refractivity contribution in [1.82, 2.24) is 0 Å². The fourth-order valence-electron chi connectivity index (χ4n) is 1.07. The molecule has 64 valence electrons. The molecule has 1 heterocycles. The van der Waals surface area contributed by atoms with Gasteiger partial charge in [-0.2, -0.15) is 0 Å². The molecular weight excluding hydrogens is 146 g/mol. The van der Waals surface area contributed by atoms with E-state index < -0.39 is 0 Å². The molecule has 1 rings (SSSR count). The molecule has 1 aliphatic heterocycles. The van der Waals surface area contributed by atoms with Crippen molar-refractivity contribution < 1.29 is 14.3 Å². The van der Waals surface area contributed by atoms with Gasteiger partial charge in [0.25, 0.3) is 0 Å². The number of rotatable bonds is 3. The Labute approximate surface area is 66.1 Å². The van der Waals surface area contributed by atoms with Crippen LogP contribution in [-0.4, -0.2) is 32.3 Å². The van der Waals surface area contributed by atoms with Crippen molar-refractivity contribution in [3.63, 3.8) is 0 Å². The molecular formula is C7H13NO3. The highest BCUT2D eigenvalue weighted by Gasteiger charge is 2.27. The molecule has 4 heteroatoms. The van der Waals surface area contributed by atoms with Crippen LogP contribution in [0.5, 0.6) is 0 Å². The third kappa shape index (κ3) is 1.91. The summed E-state index contributed by atoms with van der Waals surface area (Å²) in [6.45, 7) is 1.92. The molecule has 0 spiro atoms. The van der Waals surface area contributed by atoms with Gasteiger partial charge in [0.15, 0.2) is 12.4 Å². The van der Waals surface area contributed by atoms with Crippen molar-refractivity contribution in [2.24, 2.45) is 5.16 Å². The van der Waals surface area contributed by atoms with E-state index in [0.29, 0.717) is 0 Å². The van der Waals surface area contributed by atoms with E-state index in [1.807, 2.05) is 6.92 Å². The first kappa shape index (κ1) is 8.49. The highest BCUT2D eigenvalue weighted by molar-refractivity contribution is 5.82. The lowest BCUT2D eigenvalue weighted by Gasteiger charge is -2.17. The third-order valence-electron chi connectivity index (χ3n) is 1.61. The van der Waals surface area contributed by atoms with E-state index in [2.05, 4.69) is 5.16 Å². The second-order valence-electron chi connectivity index (χ2n) is 2.51. The van der Waals surface area contributed by atoms with Crippen molar-refractivity contribution in [3.05, 3.63) is 0 Å². The number of methoxy groups -OCH3 is 2. The van der Waals surface area contributed by atoms with Gasteiger partial charge in [-0.15, -0.1) is 0 Å². The van der Waals surface area contributed by atoms with Crippen LogP contribution in [0.3, 0.4) is 0 Å². The summed E-state index contributed by atoms with van der Waals surface area (Å²) in [6, 6.07) is 0. The van der Waals surface area contributed by atoms with Crippen molar-refractivity contribution in [2.75, 3.05) is 14.2 Å². The monoisotopic (exact) mass is 159 g/mol. The molecule has 0 aliphatic carbocycles. The number of hydrogen-bond acceptors (Lipinski definition) is 4. The van der Waals surface area contributed by atoms with Crippen molar-refractivity contribution in [1.29, 1.82) is 0 Å². The van der Waals surface area contributed by atoms with Gasteiger partial charge in [0, 0.05) is 20.6 Å². The van der Waals surface area contributed by atoms with Crippen LogP contribution >= 0.6 is 0 Å². The number of hydrogen-bond donors (Lipinski definition) is 0. The highest BCUT2D eigenvalue weighted by atomic mass is 16.7. The summed E-state index contributed by atoms with van der Waals surface area (Å²) in [4.78, 5) is 5.05. The first-order valence-corrected chi connectivity index (χ1v) is 3.52. The molecule has 0 radical (unpaired) electrons. The minimum atomic E-state index is -0.309. The number of oxime groups is 1. The predicted molar refractivity (Wildman–Crippen MR) is 40.4 cm³/mol. The topological polar surface area (TPSA) is 40.0 Å². The average Bonchev–Trinajstić information content (AvgIpc) is 2.39. The molecule has 11 heavy (non-hydrogen) atoms. The molecule has 0 N–H and O–H groups in total. The minimum Gasteiger partial charge on any atom is -0.387 e. The summed E-state index contributed by atoms with van der Waals surface area (Å²) >= 11 is 0. The second-order valence-corrected chi connectivity index (χ2v) is 2.51. The Morgan fingerprint density at radius 3 is 2.55 bits per heavy atom. The number of nitrogens with zero attached hydrogens (tertiary/aromatic N) is 1. The van der Waals surface area contributed by atoms with Crippen molar-refractivity contribution in [3.8, 4) is 0 Å². The summed E-state index contributed by atoms with van der Waals surface area (Å²) < 4.78 is 10.0. The highest BCUT2D eigenvalue weighted by Crippen LogP contribution is 2.15. The van der Waals surface area contributed by atoms with Gasteiger partial charge in [0.1, 0.15) is 0 Å². The van der Waals surface area contributed by atoms with E-state index in [9.17, 15) is 0 Å². The van der Waals surface area contributed by atoms with E-state index in [4.69, 9.17) is 14.3 Å². The molecule has 0 aromatic heterocycles. The van der Waals surface area contributed by atoms with E-state index in [0.717, 1.165) is 12.1 Å². The van der Waals surface area contributed by atoms with E-state index in [1.54, 1.807) is 14.2 Å². The molecule has 1 aliphatic rings. The van der Waals surface area contributed by atoms with Gasteiger partial charge in [-0.25, -0.2) is 0 Å². The smallest absolute Gasteiger partial charge is 0.197 e. The molecule has 0 aromatic rings. The van der Waals surface area contributed by atoms with E-state index in [-0.39, 0.29) is 12.4 Å². The summed E-state index contributed by atoms with van der Waals surface area (Å²) in [6.07, 6.45) is 0.396. The van der Waals surface area contributed by atoms with Crippen LogP contribution in [0, 0.1) is 0 Å². The molecule has 4 nitrogen and oxygen atoms in total. The van der Waals surface area contributed by atoms with Gasteiger partial charge in [-0.1, -0.05) is 5.16 Å². The Bertz CT molecular complexity index is 154. The molecule has 0 saturated heterocycles. The zero-order chi connectivity index (χ0) is 8.27. The van der Waals surface area contributed by atoms with Gasteiger partial charge in [0.05, 0.1) is 5.71 Å².